The minimum atomic E-state index is -0.112. The first-order chi connectivity index (χ1) is 14.0. The molecule has 0 unspecified atom stereocenters. The average Bonchev–Trinajstić information content (AvgIpc) is 3.03. The van der Waals surface area contributed by atoms with Crippen LogP contribution < -0.4 is 0 Å². The fourth-order valence-corrected chi connectivity index (χ4v) is 10.8. The first kappa shape index (κ1) is 21.5. The van der Waals surface area contributed by atoms with Crippen LogP contribution in [-0.2, 0) is 0 Å². The Morgan fingerprint density at radius 1 is 0.833 bits per heavy atom. The van der Waals surface area contributed by atoms with Crippen LogP contribution in [0.1, 0.15) is 106 Å². The van der Waals surface area contributed by atoms with Crippen LogP contribution in [0, 0.1) is 57.2 Å². The summed E-state index contributed by atoms with van der Waals surface area (Å²) in [4.78, 5) is 0. The molecule has 170 valence electrons. The molecule has 0 aliphatic heterocycles. The third-order valence-electron chi connectivity index (χ3n) is 12.5. The first-order valence-electron chi connectivity index (χ1n) is 13.3. The molecule has 4 saturated carbocycles. The summed E-state index contributed by atoms with van der Waals surface area (Å²) in [5.41, 5.74) is 3.37. The van der Waals surface area contributed by atoms with Crippen molar-refractivity contribution in [2.45, 2.75) is 112 Å². The van der Waals surface area contributed by atoms with E-state index >= 15 is 0 Å². The van der Waals surface area contributed by atoms with Crippen LogP contribution in [0.3, 0.4) is 0 Å². The van der Waals surface area contributed by atoms with Gasteiger partial charge >= 0.3 is 0 Å². The molecule has 0 aromatic heterocycles. The second kappa shape index (κ2) is 6.61. The second-order valence-corrected chi connectivity index (χ2v) is 14.0. The summed E-state index contributed by atoms with van der Waals surface area (Å²) in [7, 11) is 0. The molecule has 0 radical (unpaired) electrons. The maximum Gasteiger partial charge on any atom is 0.0594 e. The van der Waals surface area contributed by atoms with Crippen LogP contribution in [0.15, 0.2) is 11.6 Å². The summed E-state index contributed by atoms with van der Waals surface area (Å²) in [5, 5.41) is 10.8. The summed E-state index contributed by atoms with van der Waals surface area (Å²) in [5.74, 6) is 4.96. The highest BCUT2D eigenvalue weighted by molar-refractivity contribution is 5.31. The maximum absolute atomic E-state index is 10.8. The van der Waals surface area contributed by atoms with E-state index in [1.54, 1.807) is 0 Å². The molecule has 0 amide bonds. The maximum atomic E-state index is 10.8. The molecule has 0 aromatic carbocycles. The molecule has 0 bridgehead atoms. The quantitative estimate of drug-likeness (QED) is 0.439. The Kier molecular flexibility index (Phi) is 4.75. The molecule has 0 heterocycles. The smallest absolute Gasteiger partial charge is 0.0594 e. The number of allylic oxidation sites excluding steroid dienone is 2. The number of rotatable bonds is 1. The monoisotopic (exact) mass is 412 g/mol. The SMILES string of the molecule is CC(C)[C@@H]1CC[C@@H]2C3=CC[C@@H]4[C@H](CC[C@H]5C(C)(C)[C@@H](O)CC[C@]45C)[C@]3(C)CC[C@]21C. The van der Waals surface area contributed by atoms with Gasteiger partial charge in [0, 0.05) is 0 Å². The normalized spacial score (nSPS) is 54.6. The lowest BCUT2D eigenvalue weighted by atomic mass is 9.39. The molecule has 9 atom stereocenters. The highest BCUT2D eigenvalue weighted by atomic mass is 16.3. The van der Waals surface area contributed by atoms with Crippen molar-refractivity contribution in [2.75, 3.05) is 0 Å². The minimum absolute atomic E-state index is 0.0734. The molecule has 0 saturated heterocycles. The van der Waals surface area contributed by atoms with Crippen molar-refractivity contribution in [3.8, 4) is 0 Å². The molecule has 30 heavy (non-hydrogen) atoms. The van der Waals surface area contributed by atoms with Crippen molar-refractivity contribution in [1.29, 1.82) is 0 Å². The van der Waals surface area contributed by atoms with Crippen LogP contribution in [0.2, 0.25) is 0 Å². The van der Waals surface area contributed by atoms with Gasteiger partial charge in [-0.3, -0.25) is 0 Å². The van der Waals surface area contributed by atoms with Crippen molar-refractivity contribution >= 4 is 0 Å². The van der Waals surface area contributed by atoms with Gasteiger partial charge < -0.3 is 5.11 Å². The van der Waals surface area contributed by atoms with E-state index in [1.807, 2.05) is 5.57 Å². The molecule has 0 spiro atoms. The van der Waals surface area contributed by atoms with E-state index in [1.165, 1.54) is 51.4 Å². The Morgan fingerprint density at radius 3 is 2.27 bits per heavy atom. The number of hydrogen-bond donors (Lipinski definition) is 1. The summed E-state index contributed by atoms with van der Waals surface area (Å²) in [6, 6.07) is 0. The van der Waals surface area contributed by atoms with Gasteiger partial charge in [0.05, 0.1) is 6.10 Å². The van der Waals surface area contributed by atoms with E-state index in [4.69, 9.17) is 0 Å². The van der Waals surface area contributed by atoms with E-state index in [0.717, 1.165) is 36.0 Å². The zero-order valence-corrected chi connectivity index (χ0v) is 20.9. The minimum Gasteiger partial charge on any atom is -0.393 e. The average molecular weight is 413 g/mol. The Balaban J connectivity index is 1.51. The molecule has 0 aromatic rings. The van der Waals surface area contributed by atoms with Crippen LogP contribution in [0.5, 0.6) is 0 Å². The zero-order valence-electron chi connectivity index (χ0n) is 20.9. The van der Waals surface area contributed by atoms with Crippen molar-refractivity contribution in [1.82, 2.24) is 0 Å². The fraction of sp³-hybridized carbons (Fsp3) is 0.931. The number of hydrogen-bond acceptors (Lipinski definition) is 1. The fourth-order valence-electron chi connectivity index (χ4n) is 10.8. The Bertz CT molecular complexity index is 733. The Hall–Kier alpha value is -0.300. The molecule has 5 rings (SSSR count). The van der Waals surface area contributed by atoms with Crippen molar-refractivity contribution in [3.63, 3.8) is 0 Å². The van der Waals surface area contributed by atoms with E-state index < -0.39 is 0 Å². The van der Waals surface area contributed by atoms with Crippen LogP contribution in [-0.4, -0.2) is 11.2 Å². The third-order valence-corrected chi connectivity index (χ3v) is 12.5. The number of aliphatic hydroxyl groups is 1. The molecule has 5 aliphatic rings. The van der Waals surface area contributed by atoms with Gasteiger partial charge in [0.25, 0.3) is 0 Å². The topological polar surface area (TPSA) is 20.2 Å². The number of aliphatic hydroxyl groups excluding tert-OH is 1. The van der Waals surface area contributed by atoms with Crippen molar-refractivity contribution < 1.29 is 5.11 Å². The van der Waals surface area contributed by atoms with E-state index in [0.29, 0.717) is 22.2 Å². The molecule has 5 aliphatic carbocycles. The molecule has 1 N–H and O–H groups in total. The predicted octanol–water partition coefficient (Wildman–Crippen LogP) is 7.63. The second-order valence-electron chi connectivity index (χ2n) is 14.0. The summed E-state index contributed by atoms with van der Waals surface area (Å²) in [6.45, 7) is 17.6. The summed E-state index contributed by atoms with van der Waals surface area (Å²) in [6.07, 6.45) is 14.7. The lowest BCUT2D eigenvalue weighted by molar-refractivity contribution is -0.168. The van der Waals surface area contributed by atoms with Gasteiger partial charge in [0.2, 0.25) is 0 Å². The number of fused-ring (bicyclic) bond motifs is 7. The molecule has 1 nitrogen and oxygen atoms in total. The molecule has 1 heteroatoms. The van der Waals surface area contributed by atoms with Gasteiger partial charge in [-0.25, -0.2) is 0 Å². The van der Waals surface area contributed by atoms with E-state index in [-0.39, 0.29) is 11.5 Å². The van der Waals surface area contributed by atoms with E-state index in [2.05, 4.69) is 54.5 Å². The van der Waals surface area contributed by atoms with E-state index in [9.17, 15) is 5.11 Å². The highest BCUT2D eigenvalue weighted by Gasteiger charge is 2.64. The Labute approximate surface area is 186 Å². The van der Waals surface area contributed by atoms with Crippen molar-refractivity contribution in [3.05, 3.63) is 11.6 Å². The molecule has 4 fully saturated rings. The zero-order chi connectivity index (χ0) is 21.7. The lowest BCUT2D eigenvalue weighted by Crippen LogP contribution is -2.60. The third kappa shape index (κ3) is 2.57. The van der Waals surface area contributed by atoms with Crippen molar-refractivity contribution in [2.24, 2.45) is 57.2 Å². The van der Waals surface area contributed by atoms with Gasteiger partial charge in [0.15, 0.2) is 0 Å². The predicted molar refractivity (Wildman–Crippen MR) is 126 cm³/mol. The summed E-state index contributed by atoms with van der Waals surface area (Å²) < 4.78 is 0. The van der Waals surface area contributed by atoms with Gasteiger partial charge in [0.1, 0.15) is 0 Å². The first-order valence-corrected chi connectivity index (χ1v) is 13.3. The van der Waals surface area contributed by atoms with Crippen LogP contribution in [0.25, 0.3) is 0 Å². The molecular weight excluding hydrogens is 364 g/mol. The highest BCUT2D eigenvalue weighted by Crippen LogP contribution is 2.72. The Morgan fingerprint density at radius 2 is 1.57 bits per heavy atom. The molecular formula is C29H48O. The van der Waals surface area contributed by atoms with Crippen LogP contribution >= 0.6 is 0 Å². The largest absolute Gasteiger partial charge is 0.393 e. The van der Waals surface area contributed by atoms with Gasteiger partial charge in [-0.15, -0.1) is 0 Å². The van der Waals surface area contributed by atoms with Gasteiger partial charge in [-0.1, -0.05) is 60.1 Å². The lowest BCUT2D eigenvalue weighted by Gasteiger charge is -2.66. The standard InChI is InChI=1S/C29H48O/c1-18(2)19-8-9-20-21-10-11-23-22(28(21,6)17-16-27(19,20)5)12-13-24-26(3,4)25(30)14-15-29(23,24)7/h10,18-20,22-25,30H,8-9,11-17H2,1-7H3/t19-,20+,22-,23+,24-,25-,27-,28+,29+/m0/s1. The van der Waals surface area contributed by atoms with Gasteiger partial charge in [-0.2, -0.15) is 0 Å². The van der Waals surface area contributed by atoms with Crippen LogP contribution in [0.4, 0.5) is 0 Å². The summed E-state index contributed by atoms with van der Waals surface area (Å²) >= 11 is 0. The van der Waals surface area contributed by atoms with Gasteiger partial charge in [-0.05, 0) is 115 Å².